The second-order valence-electron chi connectivity index (χ2n) is 15.8. The number of Topliss-reactive ketones (excluding diaryl/α,β-unsaturated/α-hetero) is 1. The summed E-state index contributed by atoms with van der Waals surface area (Å²) in [6.45, 7) is 29.5. The van der Waals surface area contributed by atoms with Crippen LogP contribution in [-0.4, -0.2) is 30.8 Å². The van der Waals surface area contributed by atoms with Gasteiger partial charge in [0.2, 0.25) is 0 Å². The molecule has 0 aromatic carbocycles. The number of carbonyl (C=O) groups excluding carboxylic acids is 1. The van der Waals surface area contributed by atoms with E-state index in [-0.39, 0.29) is 0 Å². The Labute approximate surface area is 360 Å². The molecule has 1 saturated carbocycles. The van der Waals surface area contributed by atoms with Crippen molar-refractivity contribution < 1.29 is 4.79 Å². The average molecular weight is 795 g/mol. The summed E-state index contributed by atoms with van der Waals surface area (Å²) < 4.78 is 0. The molecular weight excluding hydrogens is 679 g/mol. The Hall–Kier alpha value is -0.890. The van der Waals surface area contributed by atoms with Gasteiger partial charge in [0.25, 0.3) is 0 Å². The minimum Gasteiger partial charge on any atom is -0.306 e. The fourth-order valence-electron chi connectivity index (χ4n) is 6.78. The van der Waals surface area contributed by atoms with Crippen LogP contribution in [0.3, 0.4) is 0 Å². The lowest BCUT2D eigenvalue weighted by Gasteiger charge is -2.34. The van der Waals surface area contributed by atoms with E-state index in [0.717, 1.165) is 18.8 Å². The maximum atomic E-state index is 11.3. The fourth-order valence-corrected chi connectivity index (χ4v) is 6.78. The van der Waals surface area contributed by atoms with Crippen LogP contribution >= 0.6 is 0 Å². The molecule has 0 saturated heterocycles. The van der Waals surface area contributed by atoms with Gasteiger partial charge in [-0.05, 0) is 71.9 Å². The highest BCUT2D eigenvalue weighted by Crippen LogP contribution is 2.27. The summed E-state index contributed by atoms with van der Waals surface area (Å²) in [5, 5.41) is 0. The van der Waals surface area contributed by atoms with E-state index in [0.29, 0.717) is 17.7 Å². The van der Waals surface area contributed by atoms with Gasteiger partial charge in [0.05, 0.1) is 0 Å². The highest BCUT2D eigenvalue weighted by Gasteiger charge is 2.29. The summed E-state index contributed by atoms with van der Waals surface area (Å²) in [6.07, 6.45) is 50.4. The van der Waals surface area contributed by atoms with E-state index >= 15 is 0 Å². The van der Waals surface area contributed by atoms with Gasteiger partial charge in [0.1, 0.15) is 5.78 Å². The zero-order valence-corrected chi connectivity index (χ0v) is 42.6. The third-order valence-corrected chi connectivity index (χ3v) is 10.1. The smallest absolute Gasteiger partial charge is 0.134 e. The van der Waals surface area contributed by atoms with Crippen molar-refractivity contribution in [2.24, 2.45) is 11.8 Å². The Kier molecular flexibility index (Phi) is 78.8. The summed E-state index contributed by atoms with van der Waals surface area (Å²) in [6, 6.07) is 0.497. The van der Waals surface area contributed by atoms with E-state index in [1.165, 1.54) is 180 Å². The van der Waals surface area contributed by atoms with Gasteiger partial charge in [0.15, 0.2) is 0 Å². The van der Waals surface area contributed by atoms with Gasteiger partial charge in [-0.3, -0.25) is 4.79 Å². The molecule has 3 unspecified atom stereocenters. The first-order valence-corrected chi connectivity index (χ1v) is 25.7. The van der Waals surface area contributed by atoms with Crippen LogP contribution in [0.25, 0.3) is 0 Å². The Morgan fingerprint density at radius 2 is 0.839 bits per heavy atom. The molecule has 0 N–H and O–H groups in total. The van der Waals surface area contributed by atoms with Crippen molar-refractivity contribution in [3.05, 3.63) is 24.3 Å². The molecule has 2 heteroatoms. The van der Waals surface area contributed by atoms with Gasteiger partial charge in [0, 0.05) is 12.0 Å². The molecule has 0 aliphatic heterocycles. The van der Waals surface area contributed by atoms with Gasteiger partial charge in [-0.15, -0.1) is 0 Å². The largest absolute Gasteiger partial charge is 0.306 e. The quantitative estimate of drug-likeness (QED) is 0.0581. The van der Waals surface area contributed by atoms with Crippen molar-refractivity contribution in [3.63, 3.8) is 0 Å². The van der Waals surface area contributed by atoms with Crippen LogP contribution in [0.2, 0.25) is 0 Å². The monoisotopic (exact) mass is 794 g/mol. The predicted octanol–water partition coefficient (Wildman–Crippen LogP) is 19.7. The van der Waals surface area contributed by atoms with Crippen LogP contribution in [0.4, 0.5) is 0 Å². The van der Waals surface area contributed by atoms with E-state index in [4.69, 9.17) is 0 Å². The Morgan fingerprint density at radius 3 is 1.21 bits per heavy atom. The lowest BCUT2D eigenvalue weighted by Crippen LogP contribution is -2.40. The summed E-state index contributed by atoms with van der Waals surface area (Å²) in [5.74, 6) is 1.62. The molecule has 56 heavy (non-hydrogen) atoms. The van der Waals surface area contributed by atoms with Gasteiger partial charge < -0.3 is 4.90 Å². The molecule has 0 aromatic heterocycles. The predicted molar refractivity (Wildman–Crippen MR) is 266 cm³/mol. The molecule has 1 aliphatic carbocycles. The van der Waals surface area contributed by atoms with Gasteiger partial charge in [-0.2, -0.15) is 0 Å². The van der Waals surface area contributed by atoms with E-state index in [1.807, 2.05) is 41.5 Å². The van der Waals surface area contributed by atoms with E-state index in [2.05, 4.69) is 91.8 Å². The molecule has 1 fully saturated rings. The van der Waals surface area contributed by atoms with Crippen molar-refractivity contribution in [1.29, 1.82) is 0 Å². The molecule has 0 heterocycles. The third kappa shape index (κ3) is 62.3. The first kappa shape index (κ1) is 66.9. The molecule has 1 aliphatic rings. The van der Waals surface area contributed by atoms with Crippen molar-refractivity contribution in [2.75, 3.05) is 14.1 Å². The summed E-state index contributed by atoms with van der Waals surface area (Å²) >= 11 is 0. The highest BCUT2D eigenvalue weighted by atomic mass is 16.1. The number of ketones is 1. The molecule has 0 radical (unpaired) electrons. The van der Waals surface area contributed by atoms with Gasteiger partial charge >= 0.3 is 0 Å². The molecule has 0 bridgehead atoms. The molecule has 0 spiro atoms. The number of hydrogen-bond acceptors (Lipinski definition) is 2. The Bertz CT molecular complexity index is 676. The molecule has 0 amide bonds. The maximum Gasteiger partial charge on any atom is 0.134 e. The maximum absolute atomic E-state index is 11.3. The van der Waals surface area contributed by atoms with Crippen molar-refractivity contribution in [1.82, 2.24) is 4.90 Å². The molecule has 0 aromatic rings. The molecular formula is C54H115NO. The zero-order chi connectivity index (χ0) is 43.9. The third-order valence-electron chi connectivity index (χ3n) is 10.1. The number of nitrogens with zero attached hydrogens (tertiary/aromatic N) is 1. The minimum absolute atomic E-state index is 0.300. The first-order valence-electron chi connectivity index (χ1n) is 25.7. The number of rotatable bonds is 28. The van der Waals surface area contributed by atoms with Crippen LogP contribution in [0, 0.1) is 11.8 Å². The van der Waals surface area contributed by atoms with E-state index < -0.39 is 0 Å². The fraction of sp³-hybridized carbons (Fsp3) is 0.907. The molecule has 342 valence electrons. The first-order chi connectivity index (χ1) is 27.3. The number of allylic oxidation sites excluding steroid dienone is 4. The van der Waals surface area contributed by atoms with Crippen molar-refractivity contribution in [2.45, 2.75) is 296 Å². The number of unbranched alkanes of at least 4 members (excludes halogenated alkanes) is 18. The van der Waals surface area contributed by atoms with Crippen molar-refractivity contribution >= 4 is 5.78 Å². The Morgan fingerprint density at radius 1 is 0.518 bits per heavy atom. The van der Waals surface area contributed by atoms with Crippen LogP contribution in [0.15, 0.2) is 24.3 Å². The number of carbonyl (C=O) groups is 1. The van der Waals surface area contributed by atoms with Crippen LogP contribution in [-0.2, 0) is 4.79 Å². The van der Waals surface area contributed by atoms with Crippen LogP contribution < -0.4 is 0 Å². The van der Waals surface area contributed by atoms with E-state index in [9.17, 15) is 4.79 Å². The van der Waals surface area contributed by atoms with Gasteiger partial charge in [-0.1, -0.05) is 262 Å². The molecule has 2 nitrogen and oxygen atoms in total. The lowest BCUT2D eigenvalue weighted by molar-refractivity contribution is -0.123. The van der Waals surface area contributed by atoms with Crippen molar-refractivity contribution in [3.8, 4) is 0 Å². The van der Waals surface area contributed by atoms with E-state index in [1.54, 1.807) is 6.92 Å². The average Bonchev–Trinajstić information content (AvgIpc) is 3.22. The summed E-state index contributed by atoms with van der Waals surface area (Å²) in [7, 11) is 4.15. The zero-order valence-electron chi connectivity index (χ0n) is 42.6. The van der Waals surface area contributed by atoms with Gasteiger partial charge in [-0.25, -0.2) is 0 Å². The second-order valence-corrected chi connectivity index (χ2v) is 15.8. The Balaban J connectivity index is -0.000000188. The SMILES string of the molecule is CC.CC.CC.CC(=O)C1CCCCC1N(C)C.CCC.CCCCC/C=C\C/C=C\CCCCCCCCC(C)CCCCCCCCC.CCCCCC. The normalized spacial score (nSPS) is 14.9. The number of hydrogen-bond donors (Lipinski definition) is 0. The summed E-state index contributed by atoms with van der Waals surface area (Å²) in [4.78, 5) is 13.5. The topological polar surface area (TPSA) is 20.3 Å². The lowest BCUT2D eigenvalue weighted by atomic mass is 9.81. The van der Waals surface area contributed by atoms with Crippen LogP contribution in [0.1, 0.15) is 290 Å². The molecule has 1 rings (SSSR count). The van der Waals surface area contributed by atoms with Crippen LogP contribution in [0.5, 0.6) is 0 Å². The standard InChI is InChI=1S/C29H56.C10H19NO.C6H14.C3H8.3C2H6/c1-4-6-8-10-12-13-14-15-16-17-18-19-20-22-24-26-28-29(3)27-25-23-21-11-9-7-5-2;1-8(12)9-6-4-5-7-10(9)11(2)3;1-3-5-6-4-2;1-3-2;3*1-2/h12-13,15-16,29H,4-11,14,17-28H2,1-3H3;9-10H,4-7H2,1-3H3;3-6H2,1-2H3;3H2,1-2H3;3*1-2H3/b13-12-,16-15-;;;;;;. The minimum atomic E-state index is 0.300. The summed E-state index contributed by atoms with van der Waals surface area (Å²) in [5.41, 5.74) is 0. The highest BCUT2D eigenvalue weighted by molar-refractivity contribution is 5.79. The second kappa shape index (κ2) is 65.9. The molecule has 3 atom stereocenters.